The van der Waals surface area contributed by atoms with Crippen LogP contribution in [0.25, 0.3) is 0 Å². The average molecular weight is 623 g/mol. The first-order valence-corrected chi connectivity index (χ1v) is 14.8. The van der Waals surface area contributed by atoms with Gasteiger partial charge in [-0.2, -0.15) is 0 Å². The Kier molecular flexibility index (Phi) is 9.26. The fraction of sp³-hybridized carbons (Fsp3) is 0.552. The number of amides is 3. The highest BCUT2D eigenvalue weighted by atomic mass is 79.9. The smallest absolute Gasteiger partial charge is 0.253 e. The van der Waals surface area contributed by atoms with E-state index in [4.69, 9.17) is 16.3 Å². The first kappa shape index (κ1) is 29.8. The third-order valence-electron chi connectivity index (χ3n) is 8.19. The monoisotopic (exact) mass is 621 g/mol. The number of carbonyl (C=O) groups is 3. The molecule has 3 saturated heterocycles. The number of aliphatic hydroxyl groups excluding tert-OH is 1. The molecule has 3 unspecified atom stereocenters. The molecular formula is C29H37BrClN3O5. The minimum Gasteiger partial charge on any atom is -0.394 e. The van der Waals surface area contributed by atoms with Crippen molar-refractivity contribution >= 4 is 50.9 Å². The van der Waals surface area contributed by atoms with Gasteiger partial charge in [-0.05, 0) is 43.5 Å². The molecule has 212 valence electrons. The highest BCUT2D eigenvalue weighted by Crippen LogP contribution is 2.61. The molecule has 1 spiro atoms. The Bertz CT molecular complexity index is 1110. The van der Waals surface area contributed by atoms with Crippen LogP contribution in [0.15, 0.2) is 49.6 Å². The van der Waals surface area contributed by atoms with Gasteiger partial charge in [0, 0.05) is 35.2 Å². The number of rotatable bonds is 12. The Labute approximate surface area is 243 Å². The Morgan fingerprint density at radius 3 is 2.46 bits per heavy atom. The maximum absolute atomic E-state index is 14.5. The minimum atomic E-state index is -1.21. The quantitative estimate of drug-likeness (QED) is 0.283. The van der Waals surface area contributed by atoms with Crippen molar-refractivity contribution < 1.29 is 24.2 Å². The van der Waals surface area contributed by atoms with Crippen LogP contribution in [0.3, 0.4) is 0 Å². The maximum Gasteiger partial charge on any atom is 0.253 e. The zero-order valence-corrected chi connectivity index (χ0v) is 24.8. The number of ether oxygens (including phenoxy) is 1. The molecule has 39 heavy (non-hydrogen) atoms. The molecule has 10 heteroatoms. The van der Waals surface area contributed by atoms with Crippen molar-refractivity contribution in [3.05, 3.63) is 54.6 Å². The van der Waals surface area contributed by atoms with Gasteiger partial charge in [0.15, 0.2) is 0 Å². The van der Waals surface area contributed by atoms with E-state index in [-0.39, 0.29) is 35.7 Å². The molecular weight excluding hydrogens is 586 g/mol. The molecule has 2 bridgehead atoms. The Balaban J connectivity index is 1.83. The molecule has 3 amide bonds. The number of hydrogen-bond donors (Lipinski definition) is 1. The van der Waals surface area contributed by atoms with Crippen molar-refractivity contribution in [2.75, 3.05) is 31.1 Å². The van der Waals surface area contributed by atoms with E-state index < -0.39 is 35.6 Å². The fourth-order valence-corrected chi connectivity index (χ4v) is 7.65. The fourth-order valence-electron chi connectivity index (χ4n) is 6.58. The number of benzene rings is 1. The molecule has 3 fully saturated rings. The lowest BCUT2D eigenvalue weighted by Crippen LogP contribution is -2.59. The van der Waals surface area contributed by atoms with Gasteiger partial charge < -0.3 is 24.5 Å². The summed E-state index contributed by atoms with van der Waals surface area (Å²) < 4.78 is 6.63. The van der Waals surface area contributed by atoms with Crippen LogP contribution in [0.4, 0.5) is 5.69 Å². The van der Waals surface area contributed by atoms with E-state index in [0.717, 1.165) is 6.42 Å². The lowest BCUT2D eigenvalue weighted by Gasteiger charge is -2.39. The minimum absolute atomic E-state index is 0.170. The second-order valence-electron chi connectivity index (χ2n) is 10.4. The van der Waals surface area contributed by atoms with Crippen LogP contribution in [0, 0.1) is 11.8 Å². The topological polar surface area (TPSA) is 90.4 Å². The first-order chi connectivity index (χ1) is 18.7. The maximum atomic E-state index is 14.5. The van der Waals surface area contributed by atoms with Crippen LogP contribution in [0.1, 0.15) is 33.1 Å². The number of anilines is 1. The summed E-state index contributed by atoms with van der Waals surface area (Å²) in [6.07, 6.45) is 4.34. The predicted octanol–water partition coefficient (Wildman–Crippen LogP) is 3.80. The number of likely N-dealkylation sites (tertiary alicyclic amines) is 1. The van der Waals surface area contributed by atoms with Gasteiger partial charge in [0.1, 0.15) is 11.6 Å². The summed E-state index contributed by atoms with van der Waals surface area (Å²) in [6, 6.07) is 5.26. The molecule has 0 aromatic heterocycles. The van der Waals surface area contributed by atoms with Gasteiger partial charge in [-0.15, -0.1) is 13.2 Å². The molecule has 3 aliphatic heterocycles. The summed E-state index contributed by atoms with van der Waals surface area (Å²) in [6.45, 7) is 12.3. The summed E-state index contributed by atoms with van der Waals surface area (Å²) in [5.41, 5.74) is -0.613. The SMILES string of the molecule is C=CCN(CCC)C(=O)[C@H]1[C@@H]2OC3(CC2Br)C(C(=O)N(CC=C)c2ccc(Cl)cc2)N([C@@H](CC)CO)C(=O)[C@H]13. The van der Waals surface area contributed by atoms with E-state index in [2.05, 4.69) is 29.1 Å². The predicted molar refractivity (Wildman–Crippen MR) is 155 cm³/mol. The normalized spacial score (nSPS) is 29.7. The van der Waals surface area contributed by atoms with Crippen molar-refractivity contribution in [3.63, 3.8) is 0 Å². The summed E-state index contributed by atoms with van der Waals surface area (Å²) in [5, 5.41) is 10.8. The first-order valence-electron chi connectivity index (χ1n) is 13.5. The molecule has 0 radical (unpaired) electrons. The molecule has 1 aromatic carbocycles. The molecule has 3 aliphatic rings. The summed E-state index contributed by atoms with van der Waals surface area (Å²) in [5.74, 6) is -2.42. The Hall–Kier alpha value is -2.20. The largest absolute Gasteiger partial charge is 0.394 e. The average Bonchev–Trinajstić information content (AvgIpc) is 3.51. The van der Waals surface area contributed by atoms with Gasteiger partial charge in [0.2, 0.25) is 11.8 Å². The second-order valence-corrected chi connectivity index (χ2v) is 12.1. The van der Waals surface area contributed by atoms with Crippen molar-refractivity contribution in [1.82, 2.24) is 9.80 Å². The number of carbonyl (C=O) groups excluding carboxylic acids is 3. The Morgan fingerprint density at radius 2 is 1.90 bits per heavy atom. The van der Waals surface area contributed by atoms with Gasteiger partial charge in [0.25, 0.3) is 5.91 Å². The van der Waals surface area contributed by atoms with Gasteiger partial charge >= 0.3 is 0 Å². The highest BCUT2D eigenvalue weighted by Gasteiger charge is 2.77. The van der Waals surface area contributed by atoms with E-state index >= 15 is 0 Å². The van der Waals surface area contributed by atoms with Crippen LogP contribution < -0.4 is 4.90 Å². The van der Waals surface area contributed by atoms with Crippen molar-refractivity contribution in [1.29, 1.82) is 0 Å². The van der Waals surface area contributed by atoms with Crippen LogP contribution in [-0.4, -0.2) is 87.5 Å². The van der Waals surface area contributed by atoms with Crippen LogP contribution >= 0.6 is 27.5 Å². The molecule has 1 N–H and O–H groups in total. The molecule has 0 aliphatic carbocycles. The number of fused-ring (bicyclic) bond motifs is 1. The van der Waals surface area contributed by atoms with E-state index in [1.54, 1.807) is 46.2 Å². The van der Waals surface area contributed by atoms with Gasteiger partial charge in [0.05, 0.1) is 30.6 Å². The molecule has 7 atom stereocenters. The zero-order valence-electron chi connectivity index (χ0n) is 22.5. The third kappa shape index (κ3) is 4.96. The lowest BCUT2D eigenvalue weighted by atomic mass is 9.70. The van der Waals surface area contributed by atoms with Gasteiger partial charge in [-0.25, -0.2) is 0 Å². The lowest BCUT2D eigenvalue weighted by molar-refractivity contribution is -0.147. The van der Waals surface area contributed by atoms with Crippen molar-refractivity contribution in [2.45, 2.75) is 61.7 Å². The van der Waals surface area contributed by atoms with Crippen LogP contribution in [0.5, 0.6) is 0 Å². The van der Waals surface area contributed by atoms with E-state index in [1.165, 1.54) is 4.90 Å². The number of hydrogen-bond acceptors (Lipinski definition) is 5. The highest BCUT2D eigenvalue weighted by molar-refractivity contribution is 9.09. The number of halogens is 2. The van der Waals surface area contributed by atoms with E-state index in [9.17, 15) is 19.5 Å². The van der Waals surface area contributed by atoms with Crippen molar-refractivity contribution in [3.8, 4) is 0 Å². The zero-order chi connectivity index (χ0) is 28.5. The molecule has 1 aromatic rings. The summed E-state index contributed by atoms with van der Waals surface area (Å²) in [4.78, 5) is 47.3. The number of nitrogens with zero attached hydrogens (tertiary/aromatic N) is 3. The van der Waals surface area contributed by atoms with Gasteiger partial charge in [-0.1, -0.05) is 53.5 Å². The summed E-state index contributed by atoms with van der Waals surface area (Å²) >= 11 is 9.83. The van der Waals surface area contributed by atoms with Crippen LogP contribution in [0.2, 0.25) is 5.02 Å². The van der Waals surface area contributed by atoms with Crippen LogP contribution in [-0.2, 0) is 19.1 Å². The third-order valence-corrected chi connectivity index (χ3v) is 9.29. The number of aliphatic hydroxyl groups is 1. The molecule has 4 rings (SSSR count). The van der Waals surface area contributed by atoms with E-state index in [0.29, 0.717) is 36.6 Å². The molecule has 8 nitrogen and oxygen atoms in total. The molecule has 0 saturated carbocycles. The second kappa shape index (κ2) is 12.1. The standard InChI is InChI=1S/C29H37BrClN3O5/c1-5-13-32(14-6-2)26(36)22-23-27(37)34(19(8-4)17-35)25(29(23)16-21(30)24(22)39-29)28(38)33(15-7-3)20-11-9-18(31)10-12-20/h5,7,9-12,19,21-25,35H,1,3,6,8,13-17H2,2,4H3/t19-,21?,22+,23-,24+,25?,29?/m0/s1. The Morgan fingerprint density at radius 1 is 1.23 bits per heavy atom. The van der Waals surface area contributed by atoms with E-state index in [1.807, 2.05) is 13.8 Å². The molecule has 3 heterocycles. The summed E-state index contributed by atoms with van der Waals surface area (Å²) in [7, 11) is 0. The van der Waals surface area contributed by atoms with Gasteiger partial charge in [-0.3, -0.25) is 14.4 Å². The number of alkyl halides is 1. The van der Waals surface area contributed by atoms with Crippen molar-refractivity contribution in [2.24, 2.45) is 11.8 Å².